The van der Waals surface area contributed by atoms with E-state index < -0.39 is 0 Å². The number of ether oxygens (including phenoxy) is 1. The van der Waals surface area contributed by atoms with E-state index in [0.717, 1.165) is 19.4 Å². The minimum atomic E-state index is 0. The van der Waals surface area contributed by atoms with Gasteiger partial charge in [0.25, 0.3) is 0 Å². The number of amides is 1. The van der Waals surface area contributed by atoms with Gasteiger partial charge < -0.3 is 20.7 Å². The number of guanidine groups is 1. The van der Waals surface area contributed by atoms with E-state index in [1.807, 2.05) is 6.92 Å². The van der Waals surface area contributed by atoms with Crippen molar-refractivity contribution in [1.29, 1.82) is 0 Å². The molecule has 9 heteroatoms. The highest BCUT2D eigenvalue weighted by Crippen LogP contribution is 2.31. The third-order valence-corrected chi connectivity index (χ3v) is 4.34. The van der Waals surface area contributed by atoms with Crippen molar-refractivity contribution in [1.82, 2.24) is 16.0 Å². The third kappa shape index (κ3) is 8.18. The zero-order chi connectivity index (χ0) is 18.1. The van der Waals surface area contributed by atoms with Crippen LogP contribution in [0.5, 0.6) is 5.75 Å². The fourth-order valence-corrected chi connectivity index (χ4v) is 2.45. The first-order chi connectivity index (χ1) is 12.1. The average molecular weight is 515 g/mol. The molecule has 0 aromatic heterocycles. The SMILES string of the molecule is CCNC(=NCCNC(=O)C1CC1)NCCOc1cccc(Cl)c1Cl.I. The molecule has 0 unspecified atom stereocenters. The number of hydrogen-bond acceptors (Lipinski definition) is 3. The lowest BCUT2D eigenvalue weighted by molar-refractivity contribution is -0.122. The first-order valence-corrected chi connectivity index (χ1v) is 9.24. The second-order valence-electron chi connectivity index (χ2n) is 5.65. The highest BCUT2D eigenvalue weighted by molar-refractivity contribution is 14.0. The van der Waals surface area contributed by atoms with Gasteiger partial charge in [-0.05, 0) is 31.9 Å². The number of benzene rings is 1. The average Bonchev–Trinajstić information content (AvgIpc) is 3.43. The van der Waals surface area contributed by atoms with Gasteiger partial charge in [-0.2, -0.15) is 0 Å². The molecule has 1 aromatic carbocycles. The van der Waals surface area contributed by atoms with E-state index in [2.05, 4.69) is 20.9 Å². The lowest BCUT2D eigenvalue weighted by Crippen LogP contribution is -2.40. The number of aliphatic imine (C=N–C) groups is 1. The Kier molecular flexibility index (Phi) is 11.1. The fraction of sp³-hybridized carbons (Fsp3) is 0.529. The number of halogens is 3. The zero-order valence-corrected chi connectivity index (χ0v) is 18.5. The Labute approximate surface area is 181 Å². The van der Waals surface area contributed by atoms with Crippen LogP contribution in [0.3, 0.4) is 0 Å². The number of rotatable bonds is 9. The fourth-order valence-electron chi connectivity index (χ4n) is 2.10. The molecule has 1 aliphatic carbocycles. The molecule has 0 radical (unpaired) electrons. The van der Waals surface area contributed by atoms with Gasteiger partial charge in [0.2, 0.25) is 5.91 Å². The molecule has 0 heterocycles. The molecule has 0 spiro atoms. The maximum atomic E-state index is 11.5. The van der Waals surface area contributed by atoms with Crippen LogP contribution in [-0.4, -0.2) is 44.7 Å². The van der Waals surface area contributed by atoms with Gasteiger partial charge in [-0.3, -0.25) is 9.79 Å². The third-order valence-electron chi connectivity index (χ3n) is 3.54. The summed E-state index contributed by atoms with van der Waals surface area (Å²) >= 11 is 12.0. The van der Waals surface area contributed by atoms with Gasteiger partial charge in [0, 0.05) is 19.0 Å². The first-order valence-electron chi connectivity index (χ1n) is 8.48. The van der Waals surface area contributed by atoms with Crippen molar-refractivity contribution in [3.05, 3.63) is 28.2 Å². The Morgan fingerprint density at radius 1 is 1.23 bits per heavy atom. The summed E-state index contributed by atoms with van der Waals surface area (Å²) in [5.74, 6) is 1.61. The van der Waals surface area contributed by atoms with Gasteiger partial charge in [-0.25, -0.2) is 0 Å². The summed E-state index contributed by atoms with van der Waals surface area (Å²) in [7, 11) is 0. The van der Waals surface area contributed by atoms with Gasteiger partial charge in [0.1, 0.15) is 17.4 Å². The summed E-state index contributed by atoms with van der Waals surface area (Å²) in [5, 5.41) is 10.1. The van der Waals surface area contributed by atoms with Crippen molar-refractivity contribution in [2.24, 2.45) is 10.9 Å². The van der Waals surface area contributed by atoms with Crippen LogP contribution in [0, 0.1) is 5.92 Å². The van der Waals surface area contributed by atoms with Crippen LogP contribution in [0.15, 0.2) is 23.2 Å². The topological polar surface area (TPSA) is 74.8 Å². The lowest BCUT2D eigenvalue weighted by atomic mass is 10.3. The van der Waals surface area contributed by atoms with E-state index in [-0.39, 0.29) is 35.8 Å². The van der Waals surface area contributed by atoms with Crippen molar-refractivity contribution < 1.29 is 9.53 Å². The molecule has 1 aliphatic rings. The summed E-state index contributed by atoms with van der Waals surface area (Å²) in [6.07, 6.45) is 2.02. The maximum absolute atomic E-state index is 11.5. The van der Waals surface area contributed by atoms with E-state index in [0.29, 0.717) is 48.0 Å². The monoisotopic (exact) mass is 514 g/mol. The van der Waals surface area contributed by atoms with E-state index in [9.17, 15) is 4.79 Å². The quantitative estimate of drug-likeness (QED) is 0.205. The number of carbonyl (C=O) groups excluding carboxylic acids is 1. The van der Waals surface area contributed by atoms with Gasteiger partial charge in [0.05, 0.1) is 18.1 Å². The predicted octanol–water partition coefficient (Wildman–Crippen LogP) is 3.07. The molecular weight excluding hydrogens is 490 g/mol. The maximum Gasteiger partial charge on any atom is 0.223 e. The summed E-state index contributed by atoms with van der Waals surface area (Å²) in [5.41, 5.74) is 0. The van der Waals surface area contributed by atoms with Crippen molar-refractivity contribution in [3.8, 4) is 5.75 Å². The first kappa shape index (κ1) is 23.1. The molecule has 1 amide bonds. The van der Waals surface area contributed by atoms with Crippen LogP contribution in [-0.2, 0) is 4.79 Å². The van der Waals surface area contributed by atoms with E-state index >= 15 is 0 Å². The zero-order valence-electron chi connectivity index (χ0n) is 14.7. The number of nitrogens with zero attached hydrogens (tertiary/aromatic N) is 1. The van der Waals surface area contributed by atoms with Crippen LogP contribution in [0.25, 0.3) is 0 Å². The largest absolute Gasteiger partial charge is 0.490 e. The van der Waals surface area contributed by atoms with Crippen LogP contribution in [0.4, 0.5) is 0 Å². The smallest absolute Gasteiger partial charge is 0.223 e. The summed E-state index contributed by atoms with van der Waals surface area (Å²) in [6, 6.07) is 5.28. The lowest BCUT2D eigenvalue weighted by Gasteiger charge is -2.13. The van der Waals surface area contributed by atoms with Crippen LogP contribution >= 0.6 is 47.2 Å². The number of nitrogens with one attached hydrogen (secondary N) is 3. The Balaban J connectivity index is 0.00000338. The normalized spacial score (nSPS) is 13.6. The molecule has 2 rings (SSSR count). The van der Waals surface area contributed by atoms with Gasteiger partial charge >= 0.3 is 0 Å². The Bertz CT molecular complexity index is 612. The van der Waals surface area contributed by atoms with Gasteiger partial charge in [-0.15, -0.1) is 24.0 Å². The predicted molar refractivity (Wildman–Crippen MR) is 117 cm³/mol. The van der Waals surface area contributed by atoms with E-state index in [1.165, 1.54) is 0 Å². The summed E-state index contributed by atoms with van der Waals surface area (Å²) in [4.78, 5) is 16.0. The second-order valence-corrected chi connectivity index (χ2v) is 6.44. The molecule has 1 fully saturated rings. The minimum absolute atomic E-state index is 0. The molecule has 1 aromatic rings. The van der Waals surface area contributed by atoms with E-state index in [1.54, 1.807) is 18.2 Å². The van der Waals surface area contributed by atoms with Crippen LogP contribution < -0.4 is 20.7 Å². The van der Waals surface area contributed by atoms with Gasteiger partial charge in [-0.1, -0.05) is 29.3 Å². The van der Waals surface area contributed by atoms with Crippen molar-refractivity contribution in [2.75, 3.05) is 32.8 Å². The molecule has 0 saturated heterocycles. The molecule has 0 aliphatic heterocycles. The minimum Gasteiger partial charge on any atom is -0.490 e. The molecule has 1 saturated carbocycles. The Hall–Kier alpha value is -0.930. The van der Waals surface area contributed by atoms with Gasteiger partial charge in [0.15, 0.2) is 5.96 Å². The van der Waals surface area contributed by atoms with Crippen molar-refractivity contribution in [2.45, 2.75) is 19.8 Å². The molecule has 0 atom stereocenters. The molecule has 0 bridgehead atoms. The molecular formula is C17H25Cl2IN4O2. The highest BCUT2D eigenvalue weighted by Gasteiger charge is 2.28. The summed E-state index contributed by atoms with van der Waals surface area (Å²) in [6.45, 7) is 4.79. The highest BCUT2D eigenvalue weighted by atomic mass is 127. The Morgan fingerprint density at radius 2 is 2.00 bits per heavy atom. The van der Waals surface area contributed by atoms with Crippen molar-refractivity contribution in [3.63, 3.8) is 0 Å². The van der Waals surface area contributed by atoms with Crippen molar-refractivity contribution >= 4 is 59.0 Å². The number of carbonyl (C=O) groups is 1. The number of hydrogen-bond donors (Lipinski definition) is 3. The summed E-state index contributed by atoms with van der Waals surface area (Å²) < 4.78 is 5.62. The molecule has 26 heavy (non-hydrogen) atoms. The second kappa shape index (κ2) is 12.5. The molecule has 146 valence electrons. The molecule has 6 nitrogen and oxygen atoms in total. The van der Waals surface area contributed by atoms with Crippen LogP contribution in [0.2, 0.25) is 10.0 Å². The Morgan fingerprint density at radius 3 is 2.69 bits per heavy atom. The standard InChI is InChI=1S/C17H24Cl2N4O2.HI/c1-2-20-17(22-9-8-21-16(24)12-6-7-12)23-10-11-25-14-5-3-4-13(18)15(14)19;/h3-5,12H,2,6-11H2,1H3,(H,21,24)(H2,20,22,23);1H. The molecule has 3 N–H and O–H groups in total. The van der Waals surface area contributed by atoms with Crippen LogP contribution in [0.1, 0.15) is 19.8 Å². The van der Waals surface area contributed by atoms with E-state index in [4.69, 9.17) is 27.9 Å².